The third-order valence-electron chi connectivity index (χ3n) is 4.20. The van der Waals surface area contributed by atoms with Gasteiger partial charge in [0, 0.05) is 44.8 Å². The molecule has 6 heteroatoms. The van der Waals surface area contributed by atoms with Gasteiger partial charge in [0.05, 0.1) is 12.7 Å². The van der Waals surface area contributed by atoms with Crippen LogP contribution in [0.25, 0.3) is 0 Å². The molecule has 1 aliphatic heterocycles. The number of hydrogen-bond acceptors (Lipinski definition) is 4. The van der Waals surface area contributed by atoms with Gasteiger partial charge >= 0.3 is 0 Å². The van der Waals surface area contributed by atoms with Gasteiger partial charge in [0.15, 0.2) is 5.96 Å². The third-order valence-corrected chi connectivity index (χ3v) is 4.20. The van der Waals surface area contributed by atoms with Crippen LogP contribution in [0.1, 0.15) is 31.9 Å². The Morgan fingerprint density at radius 1 is 1.33 bits per heavy atom. The summed E-state index contributed by atoms with van der Waals surface area (Å²) in [7, 11) is 5.15. The van der Waals surface area contributed by atoms with E-state index < -0.39 is 0 Å². The Morgan fingerprint density at radius 2 is 2.08 bits per heavy atom. The molecule has 1 aliphatic rings. The van der Waals surface area contributed by atoms with Crippen LogP contribution in [-0.2, 0) is 17.7 Å². The minimum absolute atomic E-state index is 0.221. The average Bonchev–Trinajstić information content (AvgIpc) is 2.92. The molecule has 0 bridgehead atoms. The van der Waals surface area contributed by atoms with Crippen molar-refractivity contribution in [3.63, 3.8) is 0 Å². The minimum Gasteiger partial charge on any atom is -0.496 e. The number of hydrogen-bond donors (Lipinski definition) is 2. The van der Waals surface area contributed by atoms with E-state index in [0.29, 0.717) is 13.1 Å². The van der Waals surface area contributed by atoms with Crippen LogP contribution in [-0.4, -0.2) is 45.5 Å². The lowest BCUT2D eigenvalue weighted by Crippen LogP contribution is -2.45. The molecule has 1 unspecified atom stereocenters. The number of guanidine groups is 1. The van der Waals surface area contributed by atoms with Crippen LogP contribution in [0, 0.1) is 0 Å². The van der Waals surface area contributed by atoms with Crippen molar-refractivity contribution in [2.45, 2.75) is 45.4 Å². The molecule has 1 atom stereocenters. The lowest BCUT2D eigenvalue weighted by atomic mass is 10.1. The van der Waals surface area contributed by atoms with E-state index in [1.165, 1.54) is 5.56 Å². The summed E-state index contributed by atoms with van der Waals surface area (Å²) in [5.41, 5.74) is 1.99. The van der Waals surface area contributed by atoms with Crippen LogP contribution in [0.5, 0.6) is 11.5 Å². The first kappa shape index (κ1) is 18.4. The topological polar surface area (TPSA) is 64.1 Å². The molecular weight excluding hydrogens is 306 g/mol. The molecule has 0 aromatic heterocycles. The van der Waals surface area contributed by atoms with Gasteiger partial charge in [-0.05, 0) is 32.9 Å². The number of ether oxygens (including phenoxy) is 3. The summed E-state index contributed by atoms with van der Waals surface area (Å²) >= 11 is 0. The SMILES string of the molecule is CN=C(NCc1cc2c(cc1OC)CC(C)O2)NCC(C)(C)OC. The molecule has 0 aliphatic carbocycles. The highest BCUT2D eigenvalue weighted by atomic mass is 16.5. The average molecular weight is 335 g/mol. The highest BCUT2D eigenvalue weighted by Gasteiger charge is 2.22. The zero-order valence-electron chi connectivity index (χ0n) is 15.5. The second-order valence-electron chi connectivity index (χ2n) is 6.65. The van der Waals surface area contributed by atoms with Gasteiger partial charge in [-0.1, -0.05) is 0 Å². The number of methoxy groups -OCH3 is 2. The Kier molecular flexibility index (Phi) is 5.94. The van der Waals surface area contributed by atoms with Crippen molar-refractivity contribution in [3.05, 3.63) is 23.3 Å². The van der Waals surface area contributed by atoms with Crippen molar-refractivity contribution in [1.29, 1.82) is 0 Å². The summed E-state index contributed by atoms with van der Waals surface area (Å²) in [5, 5.41) is 6.58. The standard InChI is InChI=1S/C18H29N3O3/c1-12-7-13-8-15(22-5)14(9-16(13)24-12)10-20-17(19-4)21-11-18(2,3)23-6/h8-9,12H,7,10-11H2,1-6H3,(H2,19,20,21). The van der Waals surface area contributed by atoms with Crippen molar-refractivity contribution in [2.75, 3.05) is 27.8 Å². The van der Waals surface area contributed by atoms with E-state index in [1.54, 1.807) is 21.3 Å². The van der Waals surface area contributed by atoms with Gasteiger partial charge < -0.3 is 24.8 Å². The largest absolute Gasteiger partial charge is 0.496 e. The van der Waals surface area contributed by atoms with Gasteiger partial charge in [0.1, 0.15) is 17.6 Å². The van der Waals surface area contributed by atoms with Gasteiger partial charge in [-0.2, -0.15) is 0 Å². The number of benzene rings is 1. The normalized spacial score (nSPS) is 17.2. The number of aliphatic imine (C=N–C) groups is 1. The predicted molar refractivity (Wildman–Crippen MR) is 96.1 cm³/mol. The smallest absolute Gasteiger partial charge is 0.191 e. The van der Waals surface area contributed by atoms with E-state index in [2.05, 4.69) is 34.7 Å². The number of nitrogens with zero attached hydrogens (tertiary/aromatic N) is 1. The second-order valence-corrected chi connectivity index (χ2v) is 6.65. The summed E-state index contributed by atoms with van der Waals surface area (Å²) in [4.78, 5) is 4.25. The van der Waals surface area contributed by atoms with Gasteiger partial charge in [-0.25, -0.2) is 0 Å². The fraction of sp³-hybridized carbons (Fsp3) is 0.611. The Bertz CT molecular complexity index is 599. The van der Waals surface area contributed by atoms with Crippen LogP contribution in [0.4, 0.5) is 0 Å². The number of nitrogens with one attached hydrogen (secondary N) is 2. The number of rotatable bonds is 6. The molecule has 24 heavy (non-hydrogen) atoms. The molecule has 6 nitrogen and oxygen atoms in total. The Labute approximate surface area is 144 Å². The molecule has 0 amide bonds. The molecule has 0 fully saturated rings. The van der Waals surface area contributed by atoms with Crippen molar-refractivity contribution in [3.8, 4) is 11.5 Å². The van der Waals surface area contributed by atoms with Gasteiger partial charge in [-0.15, -0.1) is 0 Å². The monoisotopic (exact) mass is 335 g/mol. The molecule has 0 spiro atoms. The fourth-order valence-corrected chi connectivity index (χ4v) is 2.58. The summed E-state index contributed by atoms with van der Waals surface area (Å²) < 4.78 is 16.8. The molecular formula is C18H29N3O3. The maximum absolute atomic E-state index is 5.84. The van der Waals surface area contributed by atoms with Crippen LogP contribution in [0.3, 0.4) is 0 Å². The van der Waals surface area contributed by atoms with E-state index in [4.69, 9.17) is 14.2 Å². The molecule has 0 saturated heterocycles. The zero-order chi connectivity index (χ0) is 17.7. The molecule has 1 aromatic carbocycles. The second kappa shape index (κ2) is 7.75. The molecule has 2 N–H and O–H groups in total. The maximum atomic E-state index is 5.84. The highest BCUT2D eigenvalue weighted by Crippen LogP contribution is 2.34. The van der Waals surface area contributed by atoms with Crippen molar-refractivity contribution >= 4 is 5.96 Å². The summed E-state index contributed by atoms with van der Waals surface area (Å²) in [6, 6.07) is 4.12. The van der Waals surface area contributed by atoms with E-state index in [9.17, 15) is 0 Å². The fourth-order valence-electron chi connectivity index (χ4n) is 2.58. The molecule has 1 aromatic rings. The minimum atomic E-state index is -0.257. The molecule has 2 rings (SSSR count). The van der Waals surface area contributed by atoms with Crippen molar-refractivity contribution in [2.24, 2.45) is 4.99 Å². The predicted octanol–water partition coefficient (Wildman–Crippen LogP) is 2.11. The maximum Gasteiger partial charge on any atom is 0.191 e. The van der Waals surface area contributed by atoms with Crippen LogP contribution in [0.15, 0.2) is 17.1 Å². The molecule has 0 radical (unpaired) electrons. The van der Waals surface area contributed by atoms with Gasteiger partial charge in [0.2, 0.25) is 0 Å². The number of fused-ring (bicyclic) bond motifs is 1. The van der Waals surface area contributed by atoms with Crippen LogP contribution < -0.4 is 20.1 Å². The van der Waals surface area contributed by atoms with E-state index in [0.717, 1.165) is 29.4 Å². The van der Waals surface area contributed by atoms with Crippen LogP contribution >= 0.6 is 0 Å². The van der Waals surface area contributed by atoms with Gasteiger partial charge in [-0.3, -0.25) is 4.99 Å². The third kappa shape index (κ3) is 4.54. The molecule has 0 saturated carbocycles. The van der Waals surface area contributed by atoms with Crippen molar-refractivity contribution in [1.82, 2.24) is 10.6 Å². The van der Waals surface area contributed by atoms with Gasteiger partial charge in [0.25, 0.3) is 0 Å². The van der Waals surface area contributed by atoms with E-state index in [-0.39, 0.29) is 11.7 Å². The first-order valence-corrected chi connectivity index (χ1v) is 8.24. The van der Waals surface area contributed by atoms with Crippen LogP contribution in [0.2, 0.25) is 0 Å². The summed E-state index contributed by atoms with van der Waals surface area (Å²) in [6.07, 6.45) is 1.15. The molecule has 1 heterocycles. The summed E-state index contributed by atoms with van der Waals surface area (Å²) in [5.74, 6) is 2.53. The highest BCUT2D eigenvalue weighted by molar-refractivity contribution is 5.79. The Hall–Kier alpha value is -1.95. The van der Waals surface area contributed by atoms with E-state index in [1.807, 2.05) is 13.8 Å². The first-order valence-electron chi connectivity index (χ1n) is 8.24. The Balaban J connectivity index is 2.01. The van der Waals surface area contributed by atoms with Crippen molar-refractivity contribution < 1.29 is 14.2 Å². The Morgan fingerprint density at radius 3 is 2.71 bits per heavy atom. The van der Waals surface area contributed by atoms with E-state index >= 15 is 0 Å². The zero-order valence-corrected chi connectivity index (χ0v) is 15.5. The lowest BCUT2D eigenvalue weighted by molar-refractivity contribution is 0.0268. The summed E-state index contributed by atoms with van der Waals surface area (Å²) in [6.45, 7) is 7.38. The molecule has 134 valence electrons. The quantitative estimate of drug-likeness (QED) is 0.616. The first-order chi connectivity index (χ1) is 11.4. The lowest BCUT2D eigenvalue weighted by Gasteiger charge is -2.24.